The summed E-state index contributed by atoms with van der Waals surface area (Å²) in [5.41, 5.74) is -0.909. The lowest BCUT2D eigenvalue weighted by atomic mass is 10.1. The van der Waals surface area contributed by atoms with E-state index in [2.05, 4.69) is 15.3 Å². The van der Waals surface area contributed by atoms with Crippen molar-refractivity contribution in [3.8, 4) is 10.6 Å². The molecule has 1 N–H and O–H groups in total. The van der Waals surface area contributed by atoms with E-state index in [4.69, 9.17) is 20.8 Å². The van der Waals surface area contributed by atoms with E-state index >= 15 is 0 Å². The van der Waals surface area contributed by atoms with Gasteiger partial charge in [-0.25, -0.2) is 4.98 Å². The molecule has 6 nitrogen and oxygen atoms in total. The van der Waals surface area contributed by atoms with Gasteiger partial charge in [-0.05, 0) is 13.1 Å². The molecule has 0 saturated carbocycles. The van der Waals surface area contributed by atoms with Crippen LogP contribution in [0.4, 0.5) is 19.2 Å². The maximum atomic E-state index is 13.7. The highest BCUT2D eigenvalue weighted by molar-refractivity contribution is 7.13. The molecule has 0 radical (unpaired) electrons. The first kappa shape index (κ1) is 19.4. The van der Waals surface area contributed by atoms with Gasteiger partial charge in [0.2, 0.25) is 0 Å². The Labute approximate surface area is 167 Å². The SMILES string of the molecule is CNC1COCCN(c2nc3c(C(F)(F)F)c(Cl)cc(-c4nccs4)c3o2)C1. The van der Waals surface area contributed by atoms with Crippen LogP contribution in [0.2, 0.25) is 5.02 Å². The van der Waals surface area contributed by atoms with E-state index in [1.165, 1.54) is 17.4 Å². The minimum Gasteiger partial charge on any atom is -0.423 e. The average molecular weight is 433 g/mol. The van der Waals surface area contributed by atoms with Crippen LogP contribution in [0, 0.1) is 0 Å². The maximum absolute atomic E-state index is 13.7. The molecule has 4 rings (SSSR count). The summed E-state index contributed by atoms with van der Waals surface area (Å²) in [7, 11) is 1.80. The third kappa shape index (κ3) is 3.57. The normalized spacial score (nSPS) is 18.6. The molecule has 1 aromatic carbocycles. The number of anilines is 1. The summed E-state index contributed by atoms with van der Waals surface area (Å²) in [5.74, 6) is 0. The largest absolute Gasteiger partial charge is 0.423 e. The van der Waals surface area contributed by atoms with Gasteiger partial charge in [0, 0.05) is 30.7 Å². The number of fused-ring (bicyclic) bond motifs is 1. The van der Waals surface area contributed by atoms with Crippen LogP contribution in [0.1, 0.15) is 5.56 Å². The summed E-state index contributed by atoms with van der Waals surface area (Å²) in [6.07, 6.45) is -3.10. The second kappa shape index (κ2) is 7.51. The molecule has 28 heavy (non-hydrogen) atoms. The number of aromatic nitrogens is 2. The smallest absolute Gasteiger partial charge is 0.420 e. The number of alkyl halides is 3. The molecular weight excluding hydrogens is 417 g/mol. The number of oxazole rings is 1. The van der Waals surface area contributed by atoms with E-state index in [0.717, 1.165) is 0 Å². The predicted molar refractivity (Wildman–Crippen MR) is 101 cm³/mol. The Hall–Kier alpha value is -1.88. The van der Waals surface area contributed by atoms with Crippen LogP contribution in [0.25, 0.3) is 21.7 Å². The number of hydrogen-bond acceptors (Lipinski definition) is 7. The Bertz CT molecular complexity index is 977. The van der Waals surface area contributed by atoms with Crippen molar-refractivity contribution < 1.29 is 22.3 Å². The number of benzene rings is 1. The Morgan fingerprint density at radius 3 is 2.89 bits per heavy atom. The van der Waals surface area contributed by atoms with Gasteiger partial charge >= 0.3 is 6.18 Å². The van der Waals surface area contributed by atoms with Crippen molar-refractivity contribution in [3.05, 3.63) is 28.2 Å². The van der Waals surface area contributed by atoms with E-state index < -0.39 is 16.8 Å². The Morgan fingerprint density at radius 1 is 1.39 bits per heavy atom. The first-order chi connectivity index (χ1) is 13.4. The van der Waals surface area contributed by atoms with Gasteiger partial charge in [0.25, 0.3) is 6.01 Å². The molecule has 1 fully saturated rings. The van der Waals surface area contributed by atoms with Gasteiger partial charge in [-0.2, -0.15) is 18.2 Å². The van der Waals surface area contributed by atoms with Crippen LogP contribution in [-0.2, 0) is 10.9 Å². The minimum absolute atomic E-state index is 0.00150. The Morgan fingerprint density at radius 2 is 2.21 bits per heavy atom. The zero-order valence-electron chi connectivity index (χ0n) is 14.7. The van der Waals surface area contributed by atoms with Crippen LogP contribution in [0.3, 0.4) is 0 Å². The highest BCUT2D eigenvalue weighted by Crippen LogP contribution is 2.44. The fourth-order valence-corrected chi connectivity index (χ4v) is 4.07. The number of hydrogen-bond donors (Lipinski definition) is 1. The Balaban J connectivity index is 1.89. The first-order valence-corrected chi connectivity index (χ1v) is 9.74. The number of ether oxygens (including phenoxy) is 1. The Kier molecular flexibility index (Phi) is 5.21. The number of nitrogens with zero attached hydrogens (tertiary/aromatic N) is 3. The third-order valence-corrected chi connectivity index (χ3v) is 5.60. The molecule has 0 amide bonds. The summed E-state index contributed by atoms with van der Waals surface area (Å²) >= 11 is 7.29. The van der Waals surface area contributed by atoms with Crippen molar-refractivity contribution in [2.24, 2.45) is 0 Å². The summed E-state index contributed by atoms with van der Waals surface area (Å²) in [6, 6.07) is 1.34. The van der Waals surface area contributed by atoms with Gasteiger partial charge < -0.3 is 19.4 Å². The zero-order chi connectivity index (χ0) is 19.9. The molecule has 0 aliphatic carbocycles. The van der Waals surface area contributed by atoms with Crippen molar-refractivity contribution in [3.63, 3.8) is 0 Å². The lowest BCUT2D eigenvalue weighted by Crippen LogP contribution is -2.40. The van der Waals surface area contributed by atoms with E-state index in [0.29, 0.717) is 36.9 Å². The molecule has 0 spiro atoms. The molecule has 1 atom stereocenters. The summed E-state index contributed by atoms with van der Waals surface area (Å²) in [5, 5.41) is 4.92. The van der Waals surface area contributed by atoms with Crippen molar-refractivity contribution in [1.82, 2.24) is 15.3 Å². The van der Waals surface area contributed by atoms with Crippen molar-refractivity contribution in [2.75, 3.05) is 38.3 Å². The molecule has 1 saturated heterocycles. The standard InChI is InChI=1S/C17H16ClF3N4O2S/c1-22-9-7-25(3-4-26-8-9)16-24-13-12(17(19,20)21)11(18)6-10(14(13)27-16)15-23-2-5-28-15/h2,5-6,9,22H,3-4,7-8H2,1H3. The van der Waals surface area contributed by atoms with Crippen molar-refractivity contribution in [1.29, 1.82) is 0 Å². The zero-order valence-corrected chi connectivity index (χ0v) is 16.3. The van der Waals surface area contributed by atoms with Gasteiger partial charge in [0.1, 0.15) is 16.1 Å². The van der Waals surface area contributed by atoms with Crippen LogP contribution in [0.15, 0.2) is 22.1 Å². The fourth-order valence-electron chi connectivity index (χ4n) is 3.12. The molecule has 2 aromatic heterocycles. The van der Waals surface area contributed by atoms with E-state index in [1.54, 1.807) is 23.5 Å². The highest BCUT2D eigenvalue weighted by atomic mass is 35.5. The summed E-state index contributed by atoms with van der Waals surface area (Å²) in [4.78, 5) is 10.1. The van der Waals surface area contributed by atoms with Gasteiger partial charge in [-0.15, -0.1) is 11.3 Å². The van der Waals surface area contributed by atoms with Crippen LogP contribution >= 0.6 is 22.9 Å². The number of likely N-dealkylation sites (N-methyl/N-ethyl adjacent to an activating group) is 1. The van der Waals surface area contributed by atoms with Crippen LogP contribution < -0.4 is 10.2 Å². The molecule has 11 heteroatoms. The van der Waals surface area contributed by atoms with E-state index in [9.17, 15) is 13.2 Å². The van der Waals surface area contributed by atoms with Crippen LogP contribution in [-0.4, -0.2) is 49.4 Å². The maximum Gasteiger partial charge on any atom is 0.420 e. The predicted octanol–water partition coefficient (Wildman–Crippen LogP) is 4.05. The highest BCUT2D eigenvalue weighted by Gasteiger charge is 2.39. The molecular formula is C17H16ClF3N4O2S. The van der Waals surface area contributed by atoms with Crippen LogP contribution in [0.5, 0.6) is 0 Å². The number of halogens is 4. The molecule has 0 bridgehead atoms. The molecule has 3 aromatic rings. The average Bonchev–Trinajstić information content (AvgIpc) is 3.25. The second-order valence-corrected chi connectivity index (χ2v) is 7.60. The fraction of sp³-hybridized carbons (Fsp3) is 0.412. The molecule has 3 heterocycles. The summed E-state index contributed by atoms with van der Waals surface area (Å²) in [6.45, 7) is 1.86. The van der Waals surface area contributed by atoms with Gasteiger partial charge in [-0.3, -0.25) is 0 Å². The first-order valence-electron chi connectivity index (χ1n) is 8.48. The molecule has 150 valence electrons. The topological polar surface area (TPSA) is 63.4 Å². The quantitative estimate of drug-likeness (QED) is 0.673. The lowest BCUT2D eigenvalue weighted by Gasteiger charge is -2.21. The monoisotopic (exact) mass is 432 g/mol. The third-order valence-electron chi connectivity index (χ3n) is 4.50. The summed E-state index contributed by atoms with van der Waals surface area (Å²) < 4.78 is 52.4. The number of rotatable bonds is 3. The number of nitrogens with one attached hydrogen (secondary N) is 1. The minimum atomic E-state index is -4.67. The molecule has 1 unspecified atom stereocenters. The lowest BCUT2D eigenvalue weighted by molar-refractivity contribution is -0.136. The van der Waals surface area contributed by atoms with E-state index in [1.807, 2.05) is 0 Å². The van der Waals surface area contributed by atoms with Crippen molar-refractivity contribution in [2.45, 2.75) is 12.2 Å². The molecule has 1 aliphatic heterocycles. The molecule has 1 aliphatic rings. The number of thiazole rings is 1. The van der Waals surface area contributed by atoms with Gasteiger partial charge in [0.15, 0.2) is 5.58 Å². The van der Waals surface area contributed by atoms with Crippen molar-refractivity contribution >= 4 is 40.1 Å². The second-order valence-electron chi connectivity index (χ2n) is 6.30. The van der Waals surface area contributed by atoms with Gasteiger partial charge in [-0.1, -0.05) is 11.6 Å². The van der Waals surface area contributed by atoms with E-state index in [-0.39, 0.29) is 23.2 Å². The van der Waals surface area contributed by atoms with Gasteiger partial charge in [0.05, 0.1) is 23.8 Å².